The first kappa shape index (κ1) is 14.8. The molecule has 1 saturated carbocycles. The maximum Gasteiger partial charge on any atom is 0.243 e. The number of ether oxygens (including phenoxy) is 1. The van der Waals surface area contributed by atoms with Crippen molar-refractivity contribution >= 4 is 5.91 Å². The fraction of sp³-hybridized carbons (Fsp3) is 0.875. The van der Waals surface area contributed by atoms with E-state index in [2.05, 4.69) is 11.0 Å². The van der Waals surface area contributed by atoms with Crippen LogP contribution in [0.2, 0.25) is 0 Å². The normalized spacial score (nSPS) is 27.5. The molecule has 5 heteroatoms. The Morgan fingerprint density at radius 2 is 1.71 bits per heavy atom. The lowest BCUT2D eigenvalue weighted by Gasteiger charge is -2.41. The van der Waals surface area contributed by atoms with E-state index in [-0.39, 0.29) is 5.91 Å². The van der Waals surface area contributed by atoms with Crippen LogP contribution < -0.4 is 0 Å². The molecule has 3 rings (SSSR count). The Kier molecular flexibility index (Phi) is 4.46. The highest BCUT2D eigenvalue weighted by Crippen LogP contribution is 2.33. The topological polar surface area (TPSA) is 56.6 Å². The fourth-order valence-corrected chi connectivity index (χ4v) is 3.96. The van der Waals surface area contributed by atoms with Crippen LogP contribution in [0.5, 0.6) is 0 Å². The molecule has 2 saturated heterocycles. The number of carbonyl (C=O) groups excluding carboxylic acids is 1. The number of piperazine rings is 1. The van der Waals surface area contributed by atoms with Crippen LogP contribution in [0.15, 0.2) is 0 Å². The molecule has 2 aliphatic heterocycles. The van der Waals surface area contributed by atoms with Gasteiger partial charge < -0.3 is 9.64 Å². The van der Waals surface area contributed by atoms with Crippen molar-refractivity contribution in [1.82, 2.24) is 9.80 Å². The lowest BCUT2D eigenvalue weighted by Crippen LogP contribution is -2.55. The number of rotatable bonds is 2. The van der Waals surface area contributed by atoms with Crippen molar-refractivity contribution in [2.75, 3.05) is 39.4 Å². The molecular weight excluding hydrogens is 266 g/mol. The zero-order valence-corrected chi connectivity index (χ0v) is 12.7. The molecule has 0 aromatic rings. The second kappa shape index (κ2) is 6.33. The van der Waals surface area contributed by atoms with Crippen molar-refractivity contribution in [2.45, 2.75) is 44.6 Å². The van der Waals surface area contributed by atoms with Crippen molar-refractivity contribution in [2.24, 2.45) is 5.41 Å². The third kappa shape index (κ3) is 2.93. The van der Waals surface area contributed by atoms with Crippen molar-refractivity contribution in [1.29, 1.82) is 5.26 Å². The highest BCUT2D eigenvalue weighted by Gasteiger charge is 2.43. The van der Waals surface area contributed by atoms with E-state index in [9.17, 15) is 10.1 Å². The standard InChI is InChI=1S/C16H25N3O2/c17-13-16(5-11-21-12-6-16)15(20)19-9-7-18(8-10-19)14-3-1-2-4-14/h14H,1-12H2. The molecule has 0 aromatic carbocycles. The lowest BCUT2D eigenvalue weighted by atomic mass is 9.80. The molecule has 1 amide bonds. The summed E-state index contributed by atoms with van der Waals surface area (Å²) in [5.41, 5.74) is -0.826. The van der Waals surface area contributed by atoms with Gasteiger partial charge in [0.15, 0.2) is 0 Å². The molecule has 0 N–H and O–H groups in total. The van der Waals surface area contributed by atoms with Gasteiger partial charge in [-0.1, -0.05) is 12.8 Å². The van der Waals surface area contributed by atoms with E-state index in [1.807, 2.05) is 4.90 Å². The number of carbonyl (C=O) groups is 1. The van der Waals surface area contributed by atoms with Gasteiger partial charge in [0.2, 0.25) is 5.91 Å². The molecule has 116 valence electrons. The summed E-state index contributed by atoms with van der Waals surface area (Å²) in [5.74, 6) is 0.0411. The molecule has 0 atom stereocenters. The summed E-state index contributed by atoms with van der Waals surface area (Å²) in [6.07, 6.45) is 6.42. The minimum absolute atomic E-state index is 0.0411. The van der Waals surface area contributed by atoms with Crippen LogP contribution in [0.25, 0.3) is 0 Å². The van der Waals surface area contributed by atoms with Crippen molar-refractivity contribution in [3.8, 4) is 6.07 Å². The monoisotopic (exact) mass is 291 g/mol. The summed E-state index contributed by atoms with van der Waals surface area (Å²) in [6.45, 7) is 4.55. The molecule has 0 radical (unpaired) electrons. The Morgan fingerprint density at radius 3 is 2.29 bits per heavy atom. The third-order valence-corrected chi connectivity index (χ3v) is 5.41. The number of hydrogen-bond acceptors (Lipinski definition) is 4. The van der Waals surface area contributed by atoms with E-state index in [1.165, 1.54) is 25.7 Å². The summed E-state index contributed by atoms with van der Waals surface area (Å²) in [7, 11) is 0. The van der Waals surface area contributed by atoms with Crippen LogP contribution in [0.4, 0.5) is 0 Å². The number of hydrogen-bond donors (Lipinski definition) is 0. The van der Waals surface area contributed by atoms with Crippen molar-refractivity contribution in [3.05, 3.63) is 0 Å². The fourth-order valence-electron chi connectivity index (χ4n) is 3.96. The number of amides is 1. The smallest absolute Gasteiger partial charge is 0.243 e. The van der Waals surface area contributed by atoms with Crippen LogP contribution in [0.1, 0.15) is 38.5 Å². The Morgan fingerprint density at radius 1 is 1.10 bits per heavy atom. The van der Waals surface area contributed by atoms with Crippen molar-refractivity contribution < 1.29 is 9.53 Å². The minimum atomic E-state index is -0.826. The van der Waals surface area contributed by atoms with E-state index in [4.69, 9.17) is 4.74 Å². The summed E-state index contributed by atoms with van der Waals surface area (Å²) >= 11 is 0. The maximum atomic E-state index is 12.8. The first-order valence-electron chi connectivity index (χ1n) is 8.28. The first-order valence-corrected chi connectivity index (χ1v) is 8.28. The average molecular weight is 291 g/mol. The molecule has 21 heavy (non-hydrogen) atoms. The maximum absolute atomic E-state index is 12.8. The molecule has 2 heterocycles. The van der Waals surface area contributed by atoms with E-state index < -0.39 is 5.41 Å². The second-order valence-electron chi connectivity index (χ2n) is 6.57. The molecule has 5 nitrogen and oxygen atoms in total. The van der Waals surface area contributed by atoms with Gasteiger partial charge in [-0.3, -0.25) is 9.69 Å². The first-order chi connectivity index (χ1) is 10.2. The minimum Gasteiger partial charge on any atom is -0.381 e. The SMILES string of the molecule is N#CC1(C(=O)N2CCN(C3CCCC3)CC2)CCOCC1. The van der Waals surface area contributed by atoms with Gasteiger partial charge in [0.25, 0.3) is 0 Å². The van der Waals surface area contributed by atoms with E-state index >= 15 is 0 Å². The van der Waals surface area contributed by atoms with Gasteiger partial charge in [-0.2, -0.15) is 5.26 Å². The highest BCUT2D eigenvalue weighted by atomic mass is 16.5. The zero-order valence-electron chi connectivity index (χ0n) is 12.7. The molecule has 0 unspecified atom stereocenters. The summed E-state index contributed by atoms with van der Waals surface area (Å²) in [5, 5.41) is 9.50. The summed E-state index contributed by atoms with van der Waals surface area (Å²) in [4.78, 5) is 17.2. The second-order valence-corrected chi connectivity index (χ2v) is 6.57. The van der Waals surface area contributed by atoms with Crippen LogP contribution in [-0.2, 0) is 9.53 Å². The summed E-state index contributed by atoms with van der Waals surface area (Å²) in [6, 6.07) is 3.03. The molecule has 1 aliphatic carbocycles. The molecule has 0 aromatic heterocycles. The predicted molar refractivity (Wildman–Crippen MR) is 78.5 cm³/mol. The molecular formula is C16H25N3O2. The molecule has 0 bridgehead atoms. The highest BCUT2D eigenvalue weighted by molar-refractivity contribution is 5.85. The Balaban J connectivity index is 1.58. The van der Waals surface area contributed by atoms with E-state index in [0.29, 0.717) is 26.1 Å². The average Bonchev–Trinajstić information content (AvgIpc) is 3.09. The van der Waals surface area contributed by atoms with Gasteiger partial charge in [0.1, 0.15) is 5.41 Å². The largest absolute Gasteiger partial charge is 0.381 e. The van der Waals surface area contributed by atoms with E-state index in [0.717, 1.165) is 32.2 Å². The third-order valence-electron chi connectivity index (χ3n) is 5.41. The molecule has 3 aliphatic rings. The van der Waals surface area contributed by atoms with Gasteiger partial charge in [0.05, 0.1) is 6.07 Å². The lowest BCUT2D eigenvalue weighted by molar-refractivity contribution is -0.145. The predicted octanol–water partition coefficient (Wildman–Crippen LogP) is 1.39. The Bertz CT molecular complexity index is 412. The Hall–Kier alpha value is -1.12. The van der Waals surface area contributed by atoms with Gasteiger partial charge in [-0.05, 0) is 25.7 Å². The summed E-state index contributed by atoms with van der Waals surface area (Å²) < 4.78 is 5.32. The van der Waals surface area contributed by atoms with E-state index in [1.54, 1.807) is 0 Å². The van der Waals surface area contributed by atoms with Crippen LogP contribution in [0, 0.1) is 16.7 Å². The number of nitrogens with zero attached hydrogens (tertiary/aromatic N) is 3. The van der Waals surface area contributed by atoms with Crippen LogP contribution in [0.3, 0.4) is 0 Å². The van der Waals surface area contributed by atoms with Crippen molar-refractivity contribution in [3.63, 3.8) is 0 Å². The quantitative estimate of drug-likeness (QED) is 0.771. The van der Waals surface area contributed by atoms with Crippen LogP contribution in [-0.4, -0.2) is 61.1 Å². The molecule has 0 spiro atoms. The number of nitriles is 1. The molecule has 3 fully saturated rings. The van der Waals surface area contributed by atoms with Gasteiger partial charge in [0, 0.05) is 45.4 Å². The van der Waals surface area contributed by atoms with Gasteiger partial charge in [-0.15, -0.1) is 0 Å². The van der Waals surface area contributed by atoms with Gasteiger partial charge >= 0.3 is 0 Å². The van der Waals surface area contributed by atoms with Gasteiger partial charge in [-0.25, -0.2) is 0 Å². The zero-order chi connectivity index (χ0) is 14.7. The Labute approximate surface area is 126 Å². The van der Waals surface area contributed by atoms with Crippen LogP contribution >= 0.6 is 0 Å².